The Morgan fingerprint density at radius 2 is 1.60 bits per heavy atom. The van der Waals surface area contributed by atoms with E-state index in [0.29, 0.717) is 19.3 Å². The molecule has 9 heteroatoms. The molecular formula is C16H33NO8. The van der Waals surface area contributed by atoms with Gasteiger partial charge in [-0.2, -0.15) is 0 Å². The van der Waals surface area contributed by atoms with Gasteiger partial charge in [0.2, 0.25) is 0 Å². The molecule has 9 nitrogen and oxygen atoms in total. The molecule has 0 spiro atoms. The van der Waals surface area contributed by atoms with Crippen LogP contribution in [0.5, 0.6) is 0 Å². The highest BCUT2D eigenvalue weighted by Gasteiger charge is 2.17. The Hall–Kier alpha value is -1.71. The first kappa shape index (κ1) is 28.1. The van der Waals surface area contributed by atoms with Gasteiger partial charge in [-0.25, -0.2) is 4.79 Å². The van der Waals surface area contributed by atoms with E-state index < -0.39 is 24.0 Å². The molecule has 0 radical (unpaired) electrons. The number of quaternary nitrogens is 1. The van der Waals surface area contributed by atoms with Crippen molar-refractivity contribution >= 4 is 17.9 Å². The van der Waals surface area contributed by atoms with Gasteiger partial charge in [-0.3, -0.25) is 4.79 Å². The zero-order valence-electron chi connectivity index (χ0n) is 15.9. The maximum atomic E-state index is 10.2. The van der Waals surface area contributed by atoms with Crippen LogP contribution in [0.2, 0.25) is 0 Å². The number of rotatable bonds is 9. The van der Waals surface area contributed by atoms with Crippen LogP contribution in [-0.4, -0.2) is 84.7 Å². The molecule has 25 heavy (non-hydrogen) atoms. The highest BCUT2D eigenvalue weighted by Crippen LogP contribution is 1.97. The summed E-state index contributed by atoms with van der Waals surface area (Å²) in [6.45, 7) is 4.00. The topological polar surface area (TPSA) is 144 Å². The van der Waals surface area contributed by atoms with Gasteiger partial charge < -0.3 is 34.4 Å². The number of aliphatic carboxylic acids is 2. The molecule has 0 aliphatic rings. The summed E-state index contributed by atoms with van der Waals surface area (Å²) in [5, 5.41) is 34.6. The Morgan fingerprint density at radius 1 is 1.08 bits per heavy atom. The molecule has 1 unspecified atom stereocenters. The molecule has 150 valence electrons. The van der Waals surface area contributed by atoms with E-state index in [-0.39, 0.29) is 19.6 Å². The van der Waals surface area contributed by atoms with Crippen molar-refractivity contribution in [2.24, 2.45) is 0 Å². The van der Waals surface area contributed by atoms with Crippen molar-refractivity contribution < 1.29 is 44.0 Å². The quantitative estimate of drug-likeness (QED) is 0.267. The average Bonchev–Trinajstić information content (AvgIpc) is 2.44. The second-order valence-electron chi connectivity index (χ2n) is 6.13. The van der Waals surface area contributed by atoms with Crippen molar-refractivity contribution in [2.45, 2.75) is 45.6 Å². The van der Waals surface area contributed by atoms with Crippen LogP contribution in [0.25, 0.3) is 0 Å². The number of aliphatic hydroxyl groups excluding tert-OH is 2. The largest absolute Gasteiger partial charge is 0.550 e. The molecule has 0 amide bonds. The molecule has 0 rings (SSSR count). The minimum atomic E-state index is -1.10. The first-order valence-electron chi connectivity index (χ1n) is 8.03. The Bertz CT molecular complexity index is 366. The molecular weight excluding hydrogens is 334 g/mol. The smallest absolute Gasteiger partial charge is 0.345 e. The van der Waals surface area contributed by atoms with Gasteiger partial charge in [0.15, 0.2) is 6.10 Å². The molecule has 0 saturated heterocycles. The first-order chi connectivity index (χ1) is 11.4. The van der Waals surface area contributed by atoms with Gasteiger partial charge >= 0.3 is 11.9 Å². The molecule has 0 heterocycles. The van der Waals surface area contributed by atoms with Crippen LogP contribution in [0.15, 0.2) is 0 Å². The van der Waals surface area contributed by atoms with Crippen LogP contribution >= 0.6 is 0 Å². The molecule has 0 aromatic rings. The Kier molecular flexibility index (Phi) is 19.3. The fraction of sp³-hybridized carbons (Fsp3) is 0.812. The number of carboxylic acids is 2. The van der Waals surface area contributed by atoms with E-state index in [9.17, 15) is 19.5 Å². The fourth-order valence-electron chi connectivity index (χ4n) is 1.19. The van der Waals surface area contributed by atoms with Crippen molar-refractivity contribution in [1.82, 2.24) is 0 Å². The average molecular weight is 367 g/mol. The minimum Gasteiger partial charge on any atom is -0.550 e. The van der Waals surface area contributed by atoms with Crippen molar-refractivity contribution in [3.05, 3.63) is 0 Å². The number of ether oxygens (including phenoxy) is 1. The highest BCUT2D eigenvalue weighted by molar-refractivity contribution is 5.76. The second-order valence-corrected chi connectivity index (χ2v) is 6.13. The number of aliphatic hydroxyl groups is 2. The van der Waals surface area contributed by atoms with Gasteiger partial charge in [0, 0.05) is 19.5 Å². The Labute approximate surface area is 149 Å². The lowest BCUT2D eigenvalue weighted by atomic mass is 10.2. The third-order valence-corrected chi connectivity index (χ3v) is 2.51. The minimum absolute atomic E-state index is 0.0561. The molecule has 0 fully saturated rings. The number of esters is 1. The molecule has 0 bridgehead atoms. The normalized spacial score (nSPS) is 11.2. The molecule has 0 aromatic carbocycles. The van der Waals surface area contributed by atoms with E-state index in [1.165, 1.54) is 6.92 Å². The number of hydrogen-bond acceptors (Lipinski definition) is 7. The number of carboxylic acid groups (broad SMARTS) is 2. The van der Waals surface area contributed by atoms with Crippen molar-refractivity contribution in [3.63, 3.8) is 0 Å². The summed E-state index contributed by atoms with van der Waals surface area (Å²) < 4.78 is 5.27. The van der Waals surface area contributed by atoms with Crippen LogP contribution in [0.4, 0.5) is 0 Å². The van der Waals surface area contributed by atoms with Crippen molar-refractivity contribution in [1.29, 1.82) is 0 Å². The van der Waals surface area contributed by atoms with Crippen LogP contribution < -0.4 is 5.11 Å². The maximum absolute atomic E-state index is 10.2. The van der Waals surface area contributed by atoms with Crippen LogP contribution in [0.1, 0.15) is 39.5 Å². The van der Waals surface area contributed by atoms with Crippen LogP contribution in [0.3, 0.4) is 0 Å². The van der Waals surface area contributed by atoms with Crippen LogP contribution in [0, 0.1) is 0 Å². The lowest BCUT2D eigenvalue weighted by Crippen LogP contribution is -2.36. The monoisotopic (exact) mass is 367 g/mol. The number of hydrogen-bond donors (Lipinski definition) is 3. The van der Waals surface area contributed by atoms with E-state index in [0.717, 1.165) is 11.0 Å². The van der Waals surface area contributed by atoms with Gasteiger partial charge in [0.25, 0.3) is 0 Å². The third kappa shape index (κ3) is 30.7. The van der Waals surface area contributed by atoms with Gasteiger partial charge in [0.05, 0.1) is 27.7 Å². The molecule has 0 aromatic heterocycles. The number of carbonyl (C=O) groups is 3. The maximum Gasteiger partial charge on any atom is 0.345 e. The first-order valence-corrected chi connectivity index (χ1v) is 8.03. The number of carbonyl (C=O) groups excluding carboxylic acids is 2. The standard InChI is InChI=1S/C6H10O4.C5H14NO.C5H10O3/c1-3-5(6(8)9)10-4(2)7;1-6(2,3)4-5-7;6-4-2-1-3-5(7)8/h5H,3H2,1-2H3,(H,8,9);7H,4-5H2,1-3H3;6H,1-4H2,(H,7,8)/q;+1;/p-1. The number of unbranched alkanes of at least 4 members (excludes halogenated alkanes) is 1. The lowest BCUT2D eigenvalue weighted by Gasteiger charge is -2.21. The molecule has 3 N–H and O–H groups in total. The number of likely N-dealkylation sites (N-methyl/N-ethyl adjacent to an activating group) is 1. The van der Waals surface area contributed by atoms with E-state index in [4.69, 9.17) is 15.3 Å². The summed E-state index contributed by atoms with van der Waals surface area (Å²) in [6, 6.07) is 0. The second kappa shape index (κ2) is 17.1. The van der Waals surface area contributed by atoms with Gasteiger partial charge in [-0.1, -0.05) is 6.92 Å². The number of nitrogens with zero attached hydrogens (tertiary/aromatic N) is 1. The summed E-state index contributed by atoms with van der Waals surface area (Å²) in [5.41, 5.74) is 0. The summed E-state index contributed by atoms with van der Waals surface area (Å²) >= 11 is 0. The zero-order valence-corrected chi connectivity index (χ0v) is 15.9. The van der Waals surface area contributed by atoms with E-state index in [1.807, 2.05) is 0 Å². The predicted molar refractivity (Wildman–Crippen MR) is 89.4 cm³/mol. The Morgan fingerprint density at radius 3 is 1.76 bits per heavy atom. The summed E-state index contributed by atoms with van der Waals surface area (Å²) in [4.78, 5) is 30.1. The summed E-state index contributed by atoms with van der Waals surface area (Å²) in [6.07, 6.45) is 0.431. The van der Waals surface area contributed by atoms with E-state index >= 15 is 0 Å². The third-order valence-electron chi connectivity index (χ3n) is 2.51. The molecule has 0 saturated carbocycles. The fourth-order valence-corrected chi connectivity index (χ4v) is 1.19. The van der Waals surface area contributed by atoms with Gasteiger partial charge in [0.1, 0.15) is 6.54 Å². The van der Waals surface area contributed by atoms with Crippen molar-refractivity contribution in [2.75, 3.05) is 40.9 Å². The summed E-state index contributed by atoms with van der Waals surface area (Å²) in [7, 11) is 6.16. The van der Waals surface area contributed by atoms with E-state index in [1.54, 1.807) is 6.92 Å². The summed E-state index contributed by atoms with van der Waals surface area (Å²) in [5.74, 6) is -2.70. The van der Waals surface area contributed by atoms with Gasteiger partial charge in [-0.15, -0.1) is 0 Å². The predicted octanol–water partition coefficient (Wildman–Crippen LogP) is -1.00. The lowest BCUT2D eigenvalue weighted by molar-refractivity contribution is -0.870. The molecule has 0 aliphatic carbocycles. The molecule has 1 atom stereocenters. The van der Waals surface area contributed by atoms with Crippen LogP contribution in [-0.2, 0) is 19.1 Å². The molecule has 0 aliphatic heterocycles. The van der Waals surface area contributed by atoms with E-state index in [2.05, 4.69) is 25.9 Å². The zero-order chi connectivity index (χ0) is 20.5. The highest BCUT2D eigenvalue weighted by atomic mass is 16.6. The van der Waals surface area contributed by atoms with Gasteiger partial charge in [-0.05, 0) is 25.7 Å². The van der Waals surface area contributed by atoms with Crippen molar-refractivity contribution in [3.8, 4) is 0 Å². The Balaban J connectivity index is -0.000000296. The SMILES string of the molecule is CCC(OC(C)=O)C(=O)O.C[N+](C)(C)CCO.O=C([O-])CCCCO.